The first-order chi connectivity index (χ1) is 8.42. The van der Waals surface area contributed by atoms with E-state index >= 15 is 0 Å². The number of nitrogens with one attached hydrogen (secondary N) is 1. The highest BCUT2D eigenvalue weighted by molar-refractivity contribution is 5.76. The quantitative estimate of drug-likeness (QED) is 0.811. The molecule has 0 amide bonds. The minimum absolute atomic E-state index is 0.312. The van der Waals surface area contributed by atoms with Gasteiger partial charge in [0.25, 0.3) is 0 Å². The van der Waals surface area contributed by atoms with E-state index in [1.165, 1.54) is 0 Å². The molecule has 0 radical (unpaired) electrons. The summed E-state index contributed by atoms with van der Waals surface area (Å²) in [4.78, 5) is 19.7. The number of hydrogen-bond donors (Lipinski definition) is 2. The summed E-state index contributed by atoms with van der Waals surface area (Å²) in [7, 11) is 0. The van der Waals surface area contributed by atoms with Gasteiger partial charge in [0, 0.05) is 11.8 Å². The van der Waals surface area contributed by atoms with Gasteiger partial charge in [0.2, 0.25) is 0 Å². The molecule has 0 aliphatic rings. The molecule has 1 heterocycles. The summed E-state index contributed by atoms with van der Waals surface area (Å²) >= 11 is 0. The van der Waals surface area contributed by atoms with Gasteiger partial charge in [0.15, 0.2) is 0 Å². The van der Waals surface area contributed by atoms with Crippen molar-refractivity contribution in [2.24, 2.45) is 5.92 Å². The summed E-state index contributed by atoms with van der Waals surface area (Å²) in [6.45, 7) is 7.82. The van der Waals surface area contributed by atoms with E-state index in [0.717, 1.165) is 12.1 Å². The molecule has 5 nitrogen and oxygen atoms in total. The third-order valence-electron chi connectivity index (χ3n) is 2.58. The number of rotatable bonds is 6. The molecule has 5 heteroatoms. The third-order valence-corrected chi connectivity index (χ3v) is 2.58. The lowest BCUT2D eigenvalue weighted by Crippen LogP contribution is -2.31. The van der Waals surface area contributed by atoms with Crippen LogP contribution >= 0.6 is 0 Å². The van der Waals surface area contributed by atoms with Gasteiger partial charge in [-0.05, 0) is 25.7 Å². The molecule has 1 aromatic rings. The molecule has 0 saturated carbocycles. The Bertz CT molecular complexity index is 419. The predicted molar refractivity (Wildman–Crippen MR) is 70.6 cm³/mol. The zero-order chi connectivity index (χ0) is 13.7. The molecule has 0 bridgehead atoms. The average Bonchev–Trinajstić information content (AvgIpc) is 2.26. The van der Waals surface area contributed by atoms with Crippen LogP contribution in [0.15, 0.2) is 6.07 Å². The topological polar surface area (TPSA) is 75.1 Å². The van der Waals surface area contributed by atoms with E-state index in [0.29, 0.717) is 24.0 Å². The highest BCUT2D eigenvalue weighted by Crippen LogP contribution is 2.13. The smallest absolute Gasteiger partial charge is 0.326 e. The van der Waals surface area contributed by atoms with Crippen molar-refractivity contribution in [1.82, 2.24) is 9.97 Å². The van der Waals surface area contributed by atoms with E-state index in [2.05, 4.69) is 15.3 Å². The van der Waals surface area contributed by atoms with Gasteiger partial charge < -0.3 is 10.4 Å². The number of anilines is 1. The van der Waals surface area contributed by atoms with Crippen molar-refractivity contribution in [3.05, 3.63) is 17.6 Å². The molecular formula is C13H21N3O2. The molecule has 0 spiro atoms. The molecule has 0 aliphatic heterocycles. The summed E-state index contributed by atoms with van der Waals surface area (Å²) in [5.74, 6) is 0.711. The Labute approximate surface area is 108 Å². The van der Waals surface area contributed by atoms with Crippen LogP contribution in [-0.2, 0) is 11.2 Å². The lowest BCUT2D eigenvalue weighted by Gasteiger charge is -2.17. The van der Waals surface area contributed by atoms with Crippen LogP contribution in [0.4, 0.5) is 5.82 Å². The molecular weight excluding hydrogens is 230 g/mol. The number of nitrogens with zero attached hydrogens (tertiary/aromatic N) is 2. The van der Waals surface area contributed by atoms with Gasteiger partial charge >= 0.3 is 5.97 Å². The summed E-state index contributed by atoms with van der Waals surface area (Å²) < 4.78 is 0. The summed E-state index contributed by atoms with van der Waals surface area (Å²) in [6.07, 6.45) is 1.37. The third kappa shape index (κ3) is 4.31. The van der Waals surface area contributed by atoms with Gasteiger partial charge in [-0.1, -0.05) is 20.8 Å². The maximum Gasteiger partial charge on any atom is 0.326 e. The van der Waals surface area contributed by atoms with E-state index in [-0.39, 0.29) is 0 Å². The second kappa shape index (κ2) is 6.33. The molecule has 0 saturated heterocycles. The maximum absolute atomic E-state index is 11.2. The largest absolute Gasteiger partial charge is 0.480 e. The van der Waals surface area contributed by atoms with Crippen LogP contribution in [0.25, 0.3) is 0 Å². The molecule has 0 fully saturated rings. The number of carbonyl (C=O) groups is 1. The van der Waals surface area contributed by atoms with Crippen molar-refractivity contribution in [3.8, 4) is 0 Å². The molecule has 0 unspecified atom stereocenters. The summed E-state index contributed by atoms with van der Waals surface area (Å²) in [5, 5.41) is 12.1. The first-order valence-electron chi connectivity index (χ1n) is 6.26. The molecule has 18 heavy (non-hydrogen) atoms. The van der Waals surface area contributed by atoms with Gasteiger partial charge in [-0.25, -0.2) is 14.8 Å². The van der Waals surface area contributed by atoms with Crippen molar-refractivity contribution < 1.29 is 9.90 Å². The van der Waals surface area contributed by atoms with E-state index < -0.39 is 12.0 Å². The fraction of sp³-hybridized carbons (Fsp3) is 0.615. The zero-order valence-corrected chi connectivity index (χ0v) is 11.4. The molecule has 0 aromatic carbocycles. The van der Waals surface area contributed by atoms with Crippen LogP contribution in [0.5, 0.6) is 0 Å². The molecule has 1 atom stereocenters. The van der Waals surface area contributed by atoms with E-state index in [1.54, 1.807) is 0 Å². The first-order valence-corrected chi connectivity index (χ1v) is 6.26. The predicted octanol–water partition coefficient (Wildman–Crippen LogP) is 2.26. The van der Waals surface area contributed by atoms with Crippen LogP contribution in [0.3, 0.4) is 0 Å². The van der Waals surface area contributed by atoms with Crippen LogP contribution in [0.1, 0.15) is 38.7 Å². The Morgan fingerprint density at radius 3 is 2.61 bits per heavy atom. The highest BCUT2D eigenvalue weighted by atomic mass is 16.4. The summed E-state index contributed by atoms with van der Waals surface area (Å²) in [6, 6.07) is 1.20. The Hall–Kier alpha value is -1.65. The zero-order valence-electron chi connectivity index (χ0n) is 11.4. The monoisotopic (exact) mass is 251 g/mol. The van der Waals surface area contributed by atoms with E-state index in [4.69, 9.17) is 0 Å². The summed E-state index contributed by atoms with van der Waals surface area (Å²) in [5.41, 5.74) is 0.915. The van der Waals surface area contributed by atoms with Crippen molar-refractivity contribution >= 4 is 11.8 Å². The Morgan fingerprint density at radius 2 is 2.11 bits per heavy atom. The van der Waals surface area contributed by atoms with Crippen molar-refractivity contribution in [2.45, 2.75) is 46.6 Å². The maximum atomic E-state index is 11.2. The molecule has 0 aliphatic carbocycles. The average molecular weight is 251 g/mol. The standard InChI is InChI=1S/C13H21N3O2/c1-5-10-7-12(15-9(4)14-10)16-11(13(17)18)6-8(2)3/h7-8,11H,5-6H2,1-4H3,(H,17,18)(H,14,15,16)/t11-/m0/s1. The highest BCUT2D eigenvalue weighted by Gasteiger charge is 2.19. The fourth-order valence-corrected chi connectivity index (χ4v) is 1.76. The van der Waals surface area contributed by atoms with E-state index in [9.17, 15) is 9.90 Å². The fourth-order valence-electron chi connectivity index (χ4n) is 1.76. The van der Waals surface area contributed by atoms with Crippen molar-refractivity contribution in [2.75, 3.05) is 5.32 Å². The Balaban J connectivity index is 2.86. The number of hydrogen-bond acceptors (Lipinski definition) is 4. The number of aliphatic carboxylic acids is 1. The number of aryl methyl sites for hydroxylation is 2. The van der Waals surface area contributed by atoms with Crippen LogP contribution in [0.2, 0.25) is 0 Å². The number of carboxylic acids is 1. The number of aromatic nitrogens is 2. The lowest BCUT2D eigenvalue weighted by molar-refractivity contribution is -0.138. The minimum Gasteiger partial charge on any atom is -0.480 e. The number of carboxylic acid groups (broad SMARTS) is 1. The molecule has 1 aromatic heterocycles. The molecule has 1 rings (SSSR count). The normalized spacial score (nSPS) is 12.5. The van der Waals surface area contributed by atoms with Gasteiger partial charge in [0.05, 0.1) is 0 Å². The molecule has 2 N–H and O–H groups in total. The Morgan fingerprint density at radius 1 is 1.44 bits per heavy atom. The first kappa shape index (κ1) is 14.4. The second-order valence-corrected chi connectivity index (χ2v) is 4.81. The van der Waals surface area contributed by atoms with Crippen LogP contribution < -0.4 is 5.32 Å². The van der Waals surface area contributed by atoms with Crippen molar-refractivity contribution in [3.63, 3.8) is 0 Å². The van der Waals surface area contributed by atoms with Crippen LogP contribution in [-0.4, -0.2) is 27.1 Å². The van der Waals surface area contributed by atoms with Crippen molar-refractivity contribution in [1.29, 1.82) is 0 Å². The van der Waals surface area contributed by atoms with Gasteiger partial charge in [-0.3, -0.25) is 0 Å². The SMILES string of the molecule is CCc1cc(N[C@@H](CC(C)C)C(=O)O)nc(C)n1. The Kier molecular flexibility index (Phi) is 5.07. The van der Waals surface area contributed by atoms with Crippen LogP contribution in [0, 0.1) is 12.8 Å². The lowest BCUT2D eigenvalue weighted by atomic mass is 10.0. The van der Waals surface area contributed by atoms with Gasteiger partial charge in [0.1, 0.15) is 17.7 Å². The minimum atomic E-state index is -0.849. The van der Waals surface area contributed by atoms with Gasteiger partial charge in [-0.15, -0.1) is 0 Å². The van der Waals surface area contributed by atoms with E-state index in [1.807, 2.05) is 33.8 Å². The second-order valence-electron chi connectivity index (χ2n) is 4.81. The van der Waals surface area contributed by atoms with Gasteiger partial charge in [-0.2, -0.15) is 0 Å². The molecule has 100 valence electrons.